The lowest BCUT2D eigenvalue weighted by molar-refractivity contribution is 0.162. The van der Waals surface area contributed by atoms with E-state index in [-0.39, 0.29) is 6.03 Å². The molecule has 5 heteroatoms. The Kier molecular flexibility index (Phi) is 2.69. The minimum Gasteiger partial charge on any atom is -0.285 e. The van der Waals surface area contributed by atoms with Crippen molar-refractivity contribution in [2.45, 2.75) is 18.9 Å². The first-order valence-corrected chi connectivity index (χ1v) is 6.01. The van der Waals surface area contributed by atoms with Crippen LogP contribution >= 0.6 is 11.8 Å². The number of urea groups is 1. The minimum atomic E-state index is 0.0607. The van der Waals surface area contributed by atoms with Crippen molar-refractivity contribution in [3.8, 4) is 0 Å². The van der Waals surface area contributed by atoms with Crippen molar-refractivity contribution < 1.29 is 4.79 Å². The minimum absolute atomic E-state index is 0.0607. The first kappa shape index (κ1) is 9.86. The van der Waals surface area contributed by atoms with Crippen LogP contribution < -0.4 is 5.43 Å². The molecule has 4 nitrogen and oxygen atoms in total. The number of carbonyl (C=O) groups excluding carboxylic acids is 1. The zero-order valence-corrected chi connectivity index (χ0v) is 9.30. The summed E-state index contributed by atoms with van der Waals surface area (Å²) in [5, 5.41) is 2.65. The van der Waals surface area contributed by atoms with Gasteiger partial charge < -0.3 is 0 Å². The summed E-state index contributed by atoms with van der Waals surface area (Å²) < 4.78 is 0. The van der Waals surface area contributed by atoms with Crippen LogP contribution in [0.15, 0.2) is 11.1 Å². The predicted octanol–water partition coefficient (Wildman–Crippen LogP) is 1.23. The molecule has 2 amide bonds. The topological polar surface area (TPSA) is 35.6 Å². The molecule has 1 aliphatic carbocycles. The second-order valence-electron chi connectivity index (χ2n) is 3.55. The van der Waals surface area contributed by atoms with Crippen LogP contribution in [-0.2, 0) is 0 Å². The fraction of sp³-hybridized carbons (Fsp3) is 0.667. The van der Waals surface area contributed by atoms with E-state index in [1.165, 1.54) is 0 Å². The van der Waals surface area contributed by atoms with Gasteiger partial charge in [-0.2, -0.15) is 0 Å². The second-order valence-corrected chi connectivity index (χ2v) is 4.38. The van der Waals surface area contributed by atoms with Crippen molar-refractivity contribution in [2.75, 3.05) is 19.8 Å². The quantitative estimate of drug-likeness (QED) is 0.749. The molecule has 0 aromatic heterocycles. The zero-order valence-electron chi connectivity index (χ0n) is 8.49. The van der Waals surface area contributed by atoms with Gasteiger partial charge >= 0.3 is 6.03 Å². The largest absolute Gasteiger partial charge is 0.339 e. The smallest absolute Gasteiger partial charge is 0.285 e. The van der Waals surface area contributed by atoms with Crippen molar-refractivity contribution in [3.63, 3.8) is 0 Å². The number of hydrogen-bond acceptors (Lipinski definition) is 3. The summed E-state index contributed by atoms with van der Waals surface area (Å²) in [6, 6.07) is 0.495. The number of rotatable bonds is 2. The highest BCUT2D eigenvalue weighted by molar-refractivity contribution is 8.02. The molecule has 0 atom stereocenters. The van der Waals surface area contributed by atoms with Gasteiger partial charge in [-0.3, -0.25) is 9.91 Å². The molecular formula is C9H15N3OS. The normalized spacial score (nSPS) is 23.6. The first-order valence-electron chi connectivity index (χ1n) is 4.78. The molecule has 1 heterocycles. The molecule has 0 aromatic carbocycles. The van der Waals surface area contributed by atoms with Crippen molar-refractivity contribution in [3.05, 3.63) is 11.1 Å². The molecule has 14 heavy (non-hydrogen) atoms. The summed E-state index contributed by atoms with van der Waals surface area (Å²) in [5.41, 5.74) is 3.02. The van der Waals surface area contributed by atoms with Crippen LogP contribution in [0.25, 0.3) is 0 Å². The highest BCUT2D eigenvalue weighted by Gasteiger charge is 2.37. The van der Waals surface area contributed by atoms with Crippen LogP contribution in [0.3, 0.4) is 0 Å². The van der Waals surface area contributed by atoms with Crippen LogP contribution in [-0.4, -0.2) is 41.8 Å². The van der Waals surface area contributed by atoms with Crippen molar-refractivity contribution >= 4 is 17.8 Å². The average Bonchev–Trinajstić information content (AvgIpc) is 2.98. The summed E-state index contributed by atoms with van der Waals surface area (Å²) in [6.45, 7) is 0.724. The molecule has 2 rings (SSSR count). The van der Waals surface area contributed by atoms with Crippen LogP contribution in [0.5, 0.6) is 0 Å². The highest BCUT2D eigenvalue weighted by Crippen LogP contribution is 2.34. The fourth-order valence-corrected chi connectivity index (χ4v) is 2.22. The lowest BCUT2D eigenvalue weighted by atomic mass is 10.5. The lowest BCUT2D eigenvalue weighted by Crippen LogP contribution is -2.45. The Labute approximate surface area is 88.3 Å². The van der Waals surface area contributed by atoms with E-state index < -0.39 is 0 Å². The van der Waals surface area contributed by atoms with Crippen LogP contribution in [0.2, 0.25) is 0 Å². The fourth-order valence-electron chi connectivity index (χ4n) is 1.54. The van der Waals surface area contributed by atoms with Gasteiger partial charge in [0.05, 0.1) is 5.03 Å². The van der Waals surface area contributed by atoms with E-state index in [1.807, 2.05) is 11.2 Å². The van der Waals surface area contributed by atoms with Gasteiger partial charge in [-0.1, -0.05) is 0 Å². The van der Waals surface area contributed by atoms with Crippen LogP contribution in [0, 0.1) is 0 Å². The maximum atomic E-state index is 11.9. The Balaban J connectivity index is 2.21. The Morgan fingerprint density at radius 2 is 2.29 bits per heavy atom. The molecule has 78 valence electrons. The van der Waals surface area contributed by atoms with Gasteiger partial charge in [0.2, 0.25) is 0 Å². The van der Waals surface area contributed by atoms with E-state index in [2.05, 4.69) is 11.5 Å². The van der Waals surface area contributed by atoms with Gasteiger partial charge in [0, 0.05) is 19.6 Å². The van der Waals surface area contributed by atoms with Gasteiger partial charge in [0.25, 0.3) is 0 Å². The summed E-state index contributed by atoms with van der Waals surface area (Å²) >= 11 is 1.64. The predicted molar refractivity (Wildman–Crippen MR) is 57.6 cm³/mol. The molecule has 1 saturated carbocycles. The number of nitrogens with one attached hydrogen (secondary N) is 1. The first-order chi connectivity index (χ1) is 6.74. The van der Waals surface area contributed by atoms with E-state index in [4.69, 9.17) is 0 Å². The molecule has 0 unspecified atom stereocenters. The summed E-state index contributed by atoms with van der Waals surface area (Å²) in [5.74, 6) is 0. The summed E-state index contributed by atoms with van der Waals surface area (Å²) in [7, 11) is 1.77. The molecule has 0 saturated heterocycles. The van der Waals surface area contributed by atoms with Gasteiger partial charge in [-0.25, -0.2) is 10.2 Å². The molecule has 0 bridgehead atoms. The monoisotopic (exact) mass is 213 g/mol. The van der Waals surface area contributed by atoms with Crippen molar-refractivity contribution in [2.24, 2.45) is 0 Å². The lowest BCUT2D eigenvalue weighted by Gasteiger charge is -2.26. The van der Waals surface area contributed by atoms with E-state index in [1.54, 1.807) is 23.8 Å². The van der Waals surface area contributed by atoms with Crippen LogP contribution in [0.1, 0.15) is 12.8 Å². The number of thioether (sulfide) groups is 1. The van der Waals surface area contributed by atoms with E-state index in [9.17, 15) is 4.79 Å². The maximum absolute atomic E-state index is 11.9. The number of hydrogen-bond donors (Lipinski definition) is 1. The Morgan fingerprint density at radius 3 is 2.86 bits per heavy atom. The van der Waals surface area contributed by atoms with Crippen molar-refractivity contribution in [1.82, 2.24) is 15.3 Å². The molecule has 0 radical (unpaired) electrons. The summed E-state index contributed by atoms with van der Waals surface area (Å²) in [6.07, 6.45) is 6.36. The molecule has 2 aliphatic rings. The number of carbonyl (C=O) groups is 1. The molecule has 0 aromatic rings. The van der Waals surface area contributed by atoms with E-state index >= 15 is 0 Å². The Hall–Kier alpha value is -0.680. The Morgan fingerprint density at radius 1 is 1.57 bits per heavy atom. The van der Waals surface area contributed by atoms with Crippen molar-refractivity contribution in [1.29, 1.82) is 0 Å². The number of nitrogens with zero attached hydrogens (tertiary/aromatic N) is 2. The summed E-state index contributed by atoms with van der Waals surface area (Å²) in [4.78, 5) is 13.8. The van der Waals surface area contributed by atoms with Crippen LogP contribution in [0.4, 0.5) is 4.79 Å². The number of amides is 2. The SMILES string of the molecule is CSC1=CCNN(C)C(=O)N1C1CC1. The second kappa shape index (κ2) is 3.82. The average molecular weight is 213 g/mol. The highest BCUT2D eigenvalue weighted by atomic mass is 32.2. The van der Waals surface area contributed by atoms with Gasteiger partial charge in [-0.15, -0.1) is 11.8 Å². The Bertz CT molecular complexity index is 275. The third-order valence-corrected chi connectivity index (χ3v) is 3.24. The molecular weight excluding hydrogens is 198 g/mol. The molecule has 1 fully saturated rings. The van der Waals surface area contributed by atoms with E-state index in [0.717, 1.165) is 24.4 Å². The van der Waals surface area contributed by atoms with Gasteiger partial charge in [0.1, 0.15) is 0 Å². The zero-order chi connectivity index (χ0) is 10.1. The van der Waals surface area contributed by atoms with Gasteiger partial charge in [0.15, 0.2) is 0 Å². The molecule has 1 N–H and O–H groups in total. The number of hydrazine groups is 1. The third kappa shape index (κ3) is 1.74. The standard InChI is InChI=1S/C9H15N3OS/c1-11-9(13)12(7-3-4-7)8(14-2)5-6-10-11/h5,7,10H,3-4,6H2,1-2H3. The maximum Gasteiger partial charge on any atom is 0.339 e. The van der Waals surface area contributed by atoms with Gasteiger partial charge in [-0.05, 0) is 25.2 Å². The van der Waals surface area contributed by atoms with E-state index in [0.29, 0.717) is 6.04 Å². The molecule has 1 aliphatic heterocycles. The molecule has 0 spiro atoms. The third-order valence-electron chi connectivity index (χ3n) is 2.46.